The van der Waals surface area contributed by atoms with Gasteiger partial charge in [0.1, 0.15) is 0 Å². The molecule has 0 bridgehead atoms. The monoisotopic (exact) mass is 313 g/mol. The zero-order valence-electron chi connectivity index (χ0n) is 11.2. The van der Waals surface area contributed by atoms with Crippen molar-refractivity contribution in [3.05, 3.63) is 33.8 Å². The van der Waals surface area contributed by atoms with Crippen molar-refractivity contribution < 1.29 is 9.90 Å². The summed E-state index contributed by atoms with van der Waals surface area (Å²) in [4.78, 5) is 11.9. The van der Waals surface area contributed by atoms with Gasteiger partial charge >= 0.3 is 0 Å². The summed E-state index contributed by atoms with van der Waals surface area (Å²) in [5.74, 6) is -0.0841. The van der Waals surface area contributed by atoms with Gasteiger partial charge < -0.3 is 10.4 Å². The van der Waals surface area contributed by atoms with E-state index >= 15 is 0 Å². The summed E-state index contributed by atoms with van der Waals surface area (Å²) in [6, 6.07) is 5.45. The van der Waals surface area contributed by atoms with E-state index in [2.05, 4.69) is 21.2 Å². The lowest BCUT2D eigenvalue weighted by Crippen LogP contribution is -2.44. The second kappa shape index (κ2) is 5.85. The molecule has 1 rings (SSSR count). The Hall–Kier alpha value is -0.870. The molecule has 3 nitrogen and oxygen atoms in total. The minimum atomic E-state index is -0.891. The number of hydrogen-bond donors (Lipinski definition) is 2. The molecule has 0 aliphatic carbocycles. The summed E-state index contributed by atoms with van der Waals surface area (Å²) in [5, 5.41) is 12.8. The molecule has 0 saturated heterocycles. The normalized spacial score (nSPS) is 14.4. The van der Waals surface area contributed by atoms with Crippen LogP contribution in [0.5, 0.6) is 0 Å². The van der Waals surface area contributed by atoms with Crippen molar-refractivity contribution in [3.8, 4) is 0 Å². The predicted octanol–water partition coefficient (Wildman–Crippen LogP) is 2.89. The summed E-state index contributed by atoms with van der Waals surface area (Å²) in [5.41, 5.74) is 0.783. The summed E-state index contributed by atoms with van der Waals surface area (Å²) in [6.45, 7) is 7.79. The Bertz CT molecular complexity index is 441. The molecular weight excluding hydrogens is 294 g/mol. The lowest BCUT2D eigenvalue weighted by Gasteiger charge is -2.27. The maximum absolute atomic E-state index is 11.9. The number of aryl methyl sites for hydroxylation is 1. The number of rotatable bonds is 4. The smallest absolute Gasteiger partial charge is 0.251 e. The van der Waals surface area contributed by atoms with Crippen LogP contribution in [0.1, 0.15) is 36.7 Å². The molecular formula is C14H20BrNO2. The third-order valence-electron chi connectivity index (χ3n) is 3.28. The molecule has 0 spiro atoms. The van der Waals surface area contributed by atoms with Crippen molar-refractivity contribution in [1.29, 1.82) is 0 Å². The zero-order valence-corrected chi connectivity index (χ0v) is 12.8. The number of aliphatic hydroxyl groups is 1. The molecule has 0 aromatic heterocycles. The van der Waals surface area contributed by atoms with Gasteiger partial charge in [0.2, 0.25) is 0 Å². The van der Waals surface area contributed by atoms with Gasteiger partial charge in [0.25, 0.3) is 5.91 Å². The van der Waals surface area contributed by atoms with Crippen LogP contribution in [0.15, 0.2) is 22.7 Å². The van der Waals surface area contributed by atoms with E-state index in [0.29, 0.717) is 5.56 Å². The highest BCUT2D eigenvalue weighted by atomic mass is 79.9. The van der Waals surface area contributed by atoms with Crippen LogP contribution in [0.2, 0.25) is 0 Å². The van der Waals surface area contributed by atoms with Crippen LogP contribution in [-0.2, 0) is 0 Å². The number of benzene rings is 1. The molecule has 0 aliphatic rings. The fraction of sp³-hybridized carbons (Fsp3) is 0.500. The molecule has 4 heteroatoms. The van der Waals surface area contributed by atoms with Gasteiger partial charge in [-0.25, -0.2) is 0 Å². The maximum atomic E-state index is 11.9. The van der Waals surface area contributed by atoms with Crippen LogP contribution in [0, 0.1) is 12.8 Å². The number of halogens is 1. The topological polar surface area (TPSA) is 49.3 Å². The largest absolute Gasteiger partial charge is 0.388 e. The van der Waals surface area contributed by atoms with Crippen molar-refractivity contribution in [1.82, 2.24) is 5.32 Å². The highest BCUT2D eigenvalue weighted by molar-refractivity contribution is 9.10. The van der Waals surface area contributed by atoms with Crippen LogP contribution >= 0.6 is 15.9 Å². The zero-order chi connectivity index (χ0) is 13.9. The third-order valence-corrected chi connectivity index (χ3v) is 4.14. The number of carbonyl (C=O) groups is 1. The van der Waals surface area contributed by atoms with E-state index in [-0.39, 0.29) is 18.4 Å². The van der Waals surface area contributed by atoms with Crippen LogP contribution in [0.25, 0.3) is 0 Å². The van der Waals surface area contributed by atoms with Gasteiger partial charge in [-0.05, 0) is 37.5 Å². The van der Waals surface area contributed by atoms with Crippen LogP contribution in [0.4, 0.5) is 0 Å². The Morgan fingerprint density at radius 1 is 1.50 bits per heavy atom. The van der Waals surface area contributed by atoms with Gasteiger partial charge in [0.05, 0.1) is 5.60 Å². The molecule has 1 atom stereocenters. The van der Waals surface area contributed by atoms with Gasteiger partial charge in [0.15, 0.2) is 0 Å². The number of amides is 1. The van der Waals surface area contributed by atoms with Gasteiger partial charge in [-0.15, -0.1) is 0 Å². The Kier molecular flexibility index (Phi) is 4.93. The first kappa shape index (κ1) is 15.2. The summed E-state index contributed by atoms with van der Waals surface area (Å²) in [6.07, 6.45) is 0. The maximum Gasteiger partial charge on any atom is 0.251 e. The fourth-order valence-corrected chi connectivity index (χ4v) is 1.68. The van der Waals surface area contributed by atoms with Crippen molar-refractivity contribution in [3.63, 3.8) is 0 Å². The quantitative estimate of drug-likeness (QED) is 0.898. The summed E-state index contributed by atoms with van der Waals surface area (Å²) >= 11 is 3.40. The Labute approximate surface area is 117 Å². The molecule has 1 aromatic carbocycles. The Morgan fingerprint density at radius 2 is 2.11 bits per heavy atom. The van der Waals surface area contributed by atoms with Gasteiger partial charge in [-0.2, -0.15) is 0 Å². The minimum Gasteiger partial charge on any atom is -0.388 e. The molecule has 0 heterocycles. The molecule has 100 valence electrons. The van der Waals surface area contributed by atoms with E-state index in [9.17, 15) is 9.90 Å². The van der Waals surface area contributed by atoms with Crippen LogP contribution in [0.3, 0.4) is 0 Å². The van der Waals surface area contributed by atoms with E-state index in [1.807, 2.05) is 26.8 Å². The lowest BCUT2D eigenvalue weighted by atomic mass is 9.92. The average Bonchev–Trinajstić information content (AvgIpc) is 2.29. The van der Waals surface area contributed by atoms with Crippen LogP contribution in [-0.4, -0.2) is 23.2 Å². The predicted molar refractivity (Wildman–Crippen MR) is 76.7 cm³/mol. The molecule has 0 aliphatic heterocycles. The molecule has 0 fully saturated rings. The van der Waals surface area contributed by atoms with Gasteiger partial charge in [-0.3, -0.25) is 4.79 Å². The third kappa shape index (κ3) is 3.82. The van der Waals surface area contributed by atoms with Gasteiger partial charge in [0, 0.05) is 16.6 Å². The molecule has 1 amide bonds. The van der Waals surface area contributed by atoms with Crippen molar-refractivity contribution in [2.75, 3.05) is 6.54 Å². The standard InChI is InChI=1S/C14H20BrNO2/c1-9(2)14(4,18)8-16-13(17)11-6-5-10(3)12(15)7-11/h5-7,9,18H,8H2,1-4H3,(H,16,17). The van der Waals surface area contributed by atoms with Gasteiger partial charge in [-0.1, -0.05) is 35.8 Å². The molecule has 0 saturated carbocycles. The molecule has 1 unspecified atom stereocenters. The minimum absolute atomic E-state index is 0.0857. The first-order valence-corrected chi connectivity index (χ1v) is 6.80. The average molecular weight is 314 g/mol. The lowest BCUT2D eigenvalue weighted by molar-refractivity contribution is 0.0142. The number of nitrogens with one attached hydrogen (secondary N) is 1. The Morgan fingerprint density at radius 3 is 2.61 bits per heavy atom. The van der Waals surface area contributed by atoms with E-state index in [1.54, 1.807) is 19.1 Å². The molecule has 18 heavy (non-hydrogen) atoms. The fourth-order valence-electron chi connectivity index (χ4n) is 1.30. The Balaban J connectivity index is 2.69. The number of hydrogen-bond acceptors (Lipinski definition) is 2. The summed E-state index contributed by atoms with van der Waals surface area (Å²) in [7, 11) is 0. The van der Waals surface area contributed by atoms with Crippen molar-refractivity contribution >= 4 is 21.8 Å². The molecule has 1 aromatic rings. The molecule has 0 radical (unpaired) electrons. The van der Waals surface area contributed by atoms with E-state index in [4.69, 9.17) is 0 Å². The first-order valence-electron chi connectivity index (χ1n) is 6.01. The highest BCUT2D eigenvalue weighted by Crippen LogP contribution is 2.18. The van der Waals surface area contributed by atoms with Crippen LogP contribution < -0.4 is 5.32 Å². The second-order valence-electron chi connectivity index (χ2n) is 5.16. The van der Waals surface area contributed by atoms with Crippen molar-refractivity contribution in [2.24, 2.45) is 5.92 Å². The summed E-state index contributed by atoms with van der Waals surface area (Å²) < 4.78 is 0.908. The molecule has 2 N–H and O–H groups in total. The SMILES string of the molecule is Cc1ccc(C(=O)NCC(C)(O)C(C)C)cc1Br. The highest BCUT2D eigenvalue weighted by Gasteiger charge is 2.25. The van der Waals surface area contributed by atoms with E-state index in [1.165, 1.54) is 0 Å². The first-order chi connectivity index (χ1) is 8.24. The van der Waals surface area contributed by atoms with E-state index in [0.717, 1.165) is 10.0 Å². The number of carbonyl (C=O) groups excluding carboxylic acids is 1. The second-order valence-corrected chi connectivity index (χ2v) is 6.01. The van der Waals surface area contributed by atoms with Crippen molar-refractivity contribution in [2.45, 2.75) is 33.3 Å². The van der Waals surface area contributed by atoms with E-state index < -0.39 is 5.60 Å².